The Hall–Kier alpha value is -1.33. The van der Waals surface area contributed by atoms with Crippen LogP contribution in [0, 0.1) is 0 Å². The molecule has 5 heteroatoms. The van der Waals surface area contributed by atoms with Gasteiger partial charge in [0.1, 0.15) is 0 Å². The Morgan fingerprint density at radius 2 is 2.11 bits per heavy atom. The maximum Gasteiger partial charge on any atom is 0.151 e. The second-order valence-corrected chi connectivity index (χ2v) is 5.31. The van der Waals surface area contributed by atoms with Crippen molar-refractivity contribution < 1.29 is 4.74 Å². The Morgan fingerprint density at radius 1 is 1.26 bits per heavy atom. The van der Waals surface area contributed by atoms with E-state index in [1.165, 1.54) is 12.8 Å². The van der Waals surface area contributed by atoms with Crippen LogP contribution < -0.4 is 10.6 Å². The van der Waals surface area contributed by atoms with E-state index in [1.807, 2.05) is 18.3 Å². The molecular formula is C14H22N4O. The Bertz CT molecular complexity index is 412. The minimum atomic E-state index is 0.608. The molecule has 0 radical (unpaired) electrons. The van der Waals surface area contributed by atoms with E-state index in [9.17, 15) is 0 Å². The van der Waals surface area contributed by atoms with Gasteiger partial charge in [-0.15, -0.1) is 0 Å². The van der Waals surface area contributed by atoms with Gasteiger partial charge in [-0.1, -0.05) is 0 Å². The van der Waals surface area contributed by atoms with E-state index in [0.29, 0.717) is 6.04 Å². The fraction of sp³-hybridized carbons (Fsp3) is 0.643. The molecule has 3 rings (SSSR count). The van der Waals surface area contributed by atoms with Crippen molar-refractivity contribution in [2.24, 2.45) is 0 Å². The fourth-order valence-corrected chi connectivity index (χ4v) is 2.98. The van der Waals surface area contributed by atoms with Crippen LogP contribution in [0.4, 0.5) is 11.5 Å². The van der Waals surface area contributed by atoms with Crippen molar-refractivity contribution in [3.8, 4) is 0 Å². The number of aromatic nitrogens is 1. The minimum absolute atomic E-state index is 0.608. The van der Waals surface area contributed by atoms with E-state index in [4.69, 9.17) is 10.5 Å². The van der Waals surface area contributed by atoms with Gasteiger partial charge >= 0.3 is 0 Å². The van der Waals surface area contributed by atoms with Crippen LogP contribution in [-0.2, 0) is 4.74 Å². The molecule has 2 aliphatic rings. The molecule has 104 valence electrons. The largest absolute Gasteiger partial charge is 0.396 e. The number of ether oxygens (including phenoxy) is 1. The SMILES string of the molecule is Nc1cccnc1N1CCN(C2CCCOC2)CC1. The molecule has 19 heavy (non-hydrogen) atoms. The lowest BCUT2D eigenvalue weighted by Crippen LogP contribution is -2.52. The molecule has 0 aromatic carbocycles. The summed E-state index contributed by atoms with van der Waals surface area (Å²) in [6.07, 6.45) is 4.27. The zero-order valence-electron chi connectivity index (χ0n) is 11.3. The first-order chi connectivity index (χ1) is 9.34. The van der Waals surface area contributed by atoms with Gasteiger partial charge in [0.05, 0.1) is 12.3 Å². The van der Waals surface area contributed by atoms with Crippen molar-refractivity contribution in [1.82, 2.24) is 9.88 Å². The number of nitrogens with zero attached hydrogens (tertiary/aromatic N) is 3. The van der Waals surface area contributed by atoms with Crippen LogP contribution in [0.3, 0.4) is 0 Å². The van der Waals surface area contributed by atoms with Gasteiger partial charge in [-0.3, -0.25) is 4.90 Å². The molecule has 0 amide bonds. The van der Waals surface area contributed by atoms with Crippen molar-refractivity contribution in [2.45, 2.75) is 18.9 Å². The summed E-state index contributed by atoms with van der Waals surface area (Å²) in [4.78, 5) is 9.23. The lowest BCUT2D eigenvalue weighted by Gasteiger charge is -2.41. The molecule has 3 heterocycles. The highest BCUT2D eigenvalue weighted by molar-refractivity contribution is 5.62. The normalized spacial score (nSPS) is 25.5. The second kappa shape index (κ2) is 5.75. The highest BCUT2D eigenvalue weighted by atomic mass is 16.5. The molecule has 5 nitrogen and oxygen atoms in total. The van der Waals surface area contributed by atoms with Gasteiger partial charge in [0, 0.05) is 45.0 Å². The highest BCUT2D eigenvalue weighted by Gasteiger charge is 2.26. The number of pyridine rings is 1. The summed E-state index contributed by atoms with van der Waals surface area (Å²) in [5.74, 6) is 0.932. The maximum absolute atomic E-state index is 5.99. The van der Waals surface area contributed by atoms with E-state index in [1.54, 1.807) is 0 Å². The molecule has 0 aliphatic carbocycles. The average Bonchev–Trinajstić information content (AvgIpc) is 2.49. The summed E-state index contributed by atoms with van der Waals surface area (Å²) in [7, 11) is 0. The van der Waals surface area contributed by atoms with Crippen molar-refractivity contribution in [1.29, 1.82) is 0 Å². The standard InChI is InChI=1S/C14H22N4O/c15-13-4-1-5-16-14(13)18-8-6-17(7-9-18)12-3-2-10-19-11-12/h1,4-5,12H,2-3,6-11,15H2. The summed E-state index contributed by atoms with van der Waals surface area (Å²) >= 11 is 0. The van der Waals surface area contributed by atoms with Crippen molar-refractivity contribution in [3.05, 3.63) is 18.3 Å². The molecule has 2 aliphatic heterocycles. The predicted octanol–water partition coefficient (Wildman–Crippen LogP) is 0.965. The Labute approximate surface area is 114 Å². The lowest BCUT2D eigenvalue weighted by atomic mass is 10.1. The van der Waals surface area contributed by atoms with Crippen molar-refractivity contribution in [2.75, 3.05) is 50.0 Å². The van der Waals surface area contributed by atoms with E-state index >= 15 is 0 Å². The number of piperazine rings is 1. The van der Waals surface area contributed by atoms with Crippen molar-refractivity contribution in [3.63, 3.8) is 0 Å². The smallest absolute Gasteiger partial charge is 0.151 e. The minimum Gasteiger partial charge on any atom is -0.396 e. The molecule has 1 unspecified atom stereocenters. The van der Waals surface area contributed by atoms with Gasteiger partial charge in [-0.25, -0.2) is 4.98 Å². The predicted molar refractivity (Wildman–Crippen MR) is 76.3 cm³/mol. The van der Waals surface area contributed by atoms with Crippen LogP contribution in [0.2, 0.25) is 0 Å². The molecular weight excluding hydrogens is 240 g/mol. The fourth-order valence-electron chi connectivity index (χ4n) is 2.98. The number of rotatable bonds is 2. The third-order valence-electron chi connectivity index (χ3n) is 4.08. The molecule has 2 fully saturated rings. The third kappa shape index (κ3) is 2.82. The van der Waals surface area contributed by atoms with Gasteiger partial charge < -0.3 is 15.4 Å². The van der Waals surface area contributed by atoms with Crippen LogP contribution >= 0.6 is 0 Å². The summed E-state index contributed by atoms with van der Waals surface area (Å²) < 4.78 is 5.58. The summed E-state index contributed by atoms with van der Waals surface area (Å²) in [6, 6.07) is 4.41. The molecule has 0 saturated carbocycles. The van der Waals surface area contributed by atoms with Crippen LogP contribution in [0.5, 0.6) is 0 Å². The van der Waals surface area contributed by atoms with E-state index in [-0.39, 0.29) is 0 Å². The number of nitrogens with two attached hydrogens (primary N) is 1. The Kier molecular flexibility index (Phi) is 3.84. The van der Waals surface area contributed by atoms with Gasteiger partial charge in [0.25, 0.3) is 0 Å². The monoisotopic (exact) mass is 262 g/mol. The molecule has 0 bridgehead atoms. The second-order valence-electron chi connectivity index (χ2n) is 5.31. The van der Waals surface area contributed by atoms with Crippen LogP contribution in [0.1, 0.15) is 12.8 Å². The third-order valence-corrected chi connectivity index (χ3v) is 4.08. The molecule has 1 atom stereocenters. The first-order valence-corrected chi connectivity index (χ1v) is 7.12. The van der Waals surface area contributed by atoms with Crippen molar-refractivity contribution >= 4 is 11.5 Å². The number of hydrogen-bond acceptors (Lipinski definition) is 5. The molecule has 2 saturated heterocycles. The first kappa shape index (κ1) is 12.7. The zero-order chi connectivity index (χ0) is 13.1. The molecule has 2 N–H and O–H groups in total. The average molecular weight is 262 g/mol. The first-order valence-electron chi connectivity index (χ1n) is 7.12. The molecule has 0 spiro atoms. The number of hydrogen-bond donors (Lipinski definition) is 1. The van der Waals surface area contributed by atoms with Crippen LogP contribution in [0.25, 0.3) is 0 Å². The Balaban J connectivity index is 1.58. The van der Waals surface area contributed by atoms with E-state index in [0.717, 1.165) is 50.9 Å². The van der Waals surface area contributed by atoms with Gasteiger partial charge in [-0.2, -0.15) is 0 Å². The number of nitrogen functional groups attached to an aromatic ring is 1. The summed E-state index contributed by atoms with van der Waals surface area (Å²) in [6.45, 7) is 5.97. The van der Waals surface area contributed by atoms with E-state index < -0.39 is 0 Å². The van der Waals surface area contributed by atoms with Gasteiger partial charge in [0.2, 0.25) is 0 Å². The quantitative estimate of drug-likeness (QED) is 0.860. The zero-order valence-corrected chi connectivity index (χ0v) is 11.3. The van der Waals surface area contributed by atoms with Gasteiger partial charge in [0.15, 0.2) is 5.82 Å². The van der Waals surface area contributed by atoms with E-state index in [2.05, 4.69) is 14.8 Å². The molecule has 1 aromatic rings. The Morgan fingerprint density at radius 3 is 2.79 bits per heavy atom. The number of anilines is 2. The van der Waals surface area contributed by atoms with Gasteiger partial charge in [-0.05, 0) is 25.0 Å². The van der Waals surface area contributed by atoms with Crippen LogP contribution in [-0.4, -0.2) is 55.3 Å². The highest BCUT2D eigenvalue weighted by Crippen LogP contribution is 2.22. The lowest BCUT2D eigenvalue weighted by molar-refractivity contribution is 0.0158. The summed E-state index contributed by atoms with van der Waals surface area (Å²) in [5, 5.41) is 0. The molecule has 1 aromatic heterocycles. The summed E-state index contributed by atoms with van der Waals surface area (Å²) in [5.41, 5.74) is 6.77. The van der Waals surface area contributed by atoms with Crippen LogP contribution in [0.15, 0.2) is 18.3 Å². The maximum atomic E-state index is 5.99. The topological polar surface area (TPSA) is 54.6 Å².